The molecule has 2 aromatic rings. The van der Waals surface area contributed by atoms with Crippen molar-refractivity contribution in [3.05, 3.63) is 40.8 Å². The molecule has 0 fully saturated rings. The molecule has 0 saturated carbocycles. The third-order valence-electron chi connectivity index (χ3n) is 2.52. The van der Waals surface area contributed by atoms with Gasteiger partial charge < -0.3 is 20.1 Å². The first-order chi connectivity index (χ1) is 9.13. The molecule has 0 aromatic carbocycles. The summed E-state index contributed by atoms with van der Waals surface area (Å²) in [5.74, 6) is -1.78. The van der Waals surface area contributed by atoms with Gasteiger partial charge in [0.1, 0.15) is 4.88 Å². The fraction of sp³-hybridized carbons (Fsp3) is 0.167. The highest BCUT2D eigenvalue weighted by molar-refractivity contribution is 7.12. The molecule has 19 heavy (non-hydrogen) atoms. The Morgan fingerprint density at radius 1 is 1.37 bits per heavy atom. The molecule has 3 N–H and O–H groups in total. The summed E-state index contributed by atoms with van der Waals surface area (Å²) in [6, 6.07) is 4.13. The number of carbonyl (C=O) groups excluding carboxylic acids is 1. The number of carboxylic acid groups (broad SMARTS) is 1. The predicted octanol–water partition coefficient (Wildman–Crippen LogP) is 0.714. The first-order valence-electron chi connectivity index (χ1n) is 5.49. The van der Waals surface area contributed by atoms with Crippen LogP contribution in [0.2, 0.25) is 0 Å². The van der Waals surface area contributed by atoms with Gasteiger partial charge in [-0.3, -0.25) is 4.79 Å². The lowest BCUT2D eigenvalue weighted by molar-refractivity contribution is -0.140. The van der Waals surface area contributed by atoms with Gasteiger partial charge in [-0.15, -0.1) is 11.3 Å². The molecule has 7 heteroatoms. The monoisotopic (exact) mass is 280 g/mol. The smallest absolute Gasteiger partial charge is 0.328 e. The average molecular weight is 280 g/mol. The number of aromatic nitrogens is 1. The summed E-state index contributed by atoms with van der Waals surface area (Å²) in [6.45, 7) is -0.648. The van der Waals surface area contributed by atoms with Gasteiger partial charge in [0, 0.05) is 12.4 Å². The van der Waals surface area contributed by atoms with Gasteiger partial charge in [0.05, 0.1) is 12.3 Å². The summed E-state index contributed by atoms with van der Waals surface area (Å²) in [5, 5.41) is 21.7. The number of carbonyl (C=O) groups is 2. The molecular formula is C12H12N2O4S. The van der Waals surface area contributed by atoms with E-state index in [1.54, 1.807) is 28.4 Å². The molecule has 0 unspecified atom stereocenters. The minimum Gasteiger partial charge on any atom is -0.480 e. The van der Waals surface area contributed by atoms with E-state index in [0.29, 0.717) is 10.6 Å². The number of nitrogens with zero attached hydrogens (tertiary/aromatic N) is 1. The lowest BCUT2D eigenvalue weighted by Gasteiger charge is -2.12. The maximum Gasteiger partial charge on any atom is 0.328 e. The van der Waals surface area contributed by atoms with Crippen molar-refractivity contribution in [2.75, 3.05) is 6.61 Å². The van der Waals surface area contributed by atoms with Crippen LogP contribution in [0.25, 0.3) is 5.69 Å². The van der Waals surface area contributed by atoms with Gasteiger partial charge in [0.2, 0.25) is 0 Å². The highest BCUT2D eigenvalue weighted by Crippen LogP contribution is 2.21. The van der Waals surface area contributed by atoms with Crippen molar-refractivity contribution >= 4 is 23.2 Å². The summed E-state index contributed by atoms with van der Waals surface area (Å²) in [6.07, 6.45) is 3.58. The molecule has 100 valence electrons. The van der Waals surface area contributed by atoms with Crippen LogP contribution in [-0.2, 0) is 4.79 Å². The zero-order valence-corrected chi connectivity index (χ0v) is 10.6. The summed E-state index contributed by atoms with van der Waals surface area (Å²) < 4.78 is 1.76. The molecule has 0 aliphatic rings. The van der Waals surface area contributed by atoms with E-state index in [0.717, 1.165) is 0 Å². The number of carboxylic acids is 1. The molecule has 2 heterocycles. The Balaban J connectivity index is 2.21. The van der Waals surface area contributed by atoms with E-state index in [9.17, 15) is 9.59 Å². The molecule has 0 aliphatic carbocycles. The topological polar surface area (TPSA) is 91.6 Å². The van der Waals surface area contributed by atoms with Crippen molar-refractivity contribution in [1.29, 1.82) is 0 Å². The molecule has 0 saturated heterocycles. The van der Waals surface area contributed by atoms with Crippen LogP contribution in [-0.4, -0.2) is 39.3 Å². The molecule has 0 aliphatic heterocycles. The quantitative estimate of drug-likeness (QED) is 0.752. The highest BCUT2D eigenvalue weighted by Gasteiger charge is 2.22. The van der Waals surface area contributed by atoms with Crippen LogP contribution in [0.3, 0.4) is 0 Å². The van der Waals surface area contributed by atoms with Gasteiger partial charge in [-0.25, -0.2) is 4.79 Å². The Morgan fingerprint density at radius 2 is 2.05 bits per heavy atom. The minimum absolute atomic E-state index is 0.399. The minimum atomic E-state index is -1.30. The normalized spacial score (nSPS) is 12.1. The van der Waals surface area contributed by atoms with E-state index in [2.05, 4.69) is 5.32 Å². The van der Waals surface area contributed by atoms with Crippen LogP contribution in [0.15, 0.2) is 36.0 Å². The Labute approximate surface area is 112 Å². The SMILES string of the molecule is O=C(N[C@@H](CO)C(=O)O)c1sccc1-n1cccc1. The molecular weight excluding hydrogens is 268 g/mol. The highest BCUT2D eigenvalue weighted by atomic mass is 32.1. The summed E-state index contributed by atoms with van der Waals surface area (Å²) in [5.41, 5.74) is 0.676. The van der Waals surface area contributed by atoms with Gasteiger partial charge in [0.15, 0.2) is 6.04 Å². The number of thiophene rings is 1. The number of rotatable bonds is 5. The van der Waals surface area contributed by atoms with Crippen LogP contribution < -0.4 is 5.32 Å². The third kappa shape index (κ3) is 2.83. The van der Waals surface area contributed by atoms with Crippen LogP contribution in [0, 0.1) is 0 Å². The maximum atomic E-state index is 12.0. The molecule has 1 amide bonds. The summed E-state index contributed by atoms with van der Waals surface area (Å²) in [4.78, 5) is 23.2. The molecule has 0 bridgehead atoms. The number of aliphatic hydroxyl groups excluding tert-OH is 1. The largest absolute Gasteiger partial charge is 0.480 e. The van der Waals surface area contributed by atoms with E-state index >= 15 is 0 Å². The van der Waals surface area contributed by atoms with E-state index in [4.69, 9.17) is 10.2 Å². The van der Waals surface area contributed by atoms with Gasteiger partial charge in [-0.05, 0) is 23.6 Å². The number of amides is 1. The second kappa shape index (κ2) is 5.68. The first-order valence-corrected chi connectivity index (χ1v) is 6.37. The van der Waals surface area contributed by atoms with Crippen LogP contribution in [0.4, 0.5) is 0 Å². The Morgan fingerprint density at radius 3 is 2.63 bits per heavy atom. The second-order valence-corrected chi connectivity index (χ2v) is 4.69. The van der Waals surface area contributed by atoms with Crippen LogP contribution in [0.5, 0.6) is 0 Å². The Hall–Kier alpha value is -2.12. The number of hydrogen-bond donors (Lipinski definition) is 3. The average Bonchev–Trinajstić information content (AvgIpc) is 3.03. The number of nitrogens with one attached hydrogen (secondary N) is 1. The van der Waals surface area contributed by atoms with Crippen molar-refractivity contribution in [2.45, 2.75) is 6.04 Å². The van der Waals surface area contributed by atoms with E-state index in [1.165, 1.54) is 11.3 Å². The standard InChI is InChI=1S/C12H12N2O4S/c15-7-8(12(17)18)13-11(16)10-9(3-6-19-10)14-4-1-2-5-14/h1-6,8,15H,7H2,(H,13,16)(H,17,18)/t8-/m0/s1. The van der Waals surface area contributed by atoms with Crippen molar-refractivity contribution in [1.82, 2.24) is 9.88 Å². The molecule has 2 aromatic heterocycles. The first kappa shape index (κ1) is 13.3. The van der Waals surface area contributed by atoms with Crippen molar-refractivity contribution in [3.8, 4) is 5.69 Å². The van der Waals surface area contributed by atoms with E-state index in [-0.39, 0.29) is 0 Å². The Kier molecular flexibility index (Phi) is 3.98. The maximum absolute atomic E-state index is 12.0. The van der Waals surface area contributed by atoms with E-state index < -0.39 is 24.5 Å². The molecule has 0 spiro atoms. The lowest BCUT2D eigenvalue weighted by Crippen LogP contribution is -2.43. The zero-order valence-electron chi connectivity index (χ0n) is 9.81. The number of hydrogen-bond acceptors (Lipinski definition) is 4. The van der Waals surface area contributed by atoms with Gasteiger partial charge in [-0.1, -0.05) is 0 Å². The van der Waals surface area contributed by atoms with Gasteiger partial charge in [0.25, 0.3) is 5.91 Å². The number of aliphatic carboxylic acids is 1. The van der Waals surface area contributed by atoms with Gasteiger partial charge >= 0.3 is 5.97 Å². The predicted molar refractivity (Wildman–Crippen MR) is 69.6 cm³/mol. The van der Waals surface area contributed by atoms with Crippen molar-refractivity contribution in [2.24, 2.45) is 0 Å². The van der Waals surface area contributed by atoms with Gasteiger partial charge in [-0.2, -0.15) is 0 Å². The van der Waals surface area contributed by atoms with Crippen LogP contribution in [0.1, 0.15) is 9.67 Å². The molecule has 0 radical (unpaired) electrons. The third-order valence-corrected chi connectivity index (χ3v) is 3.42. The summed E-state index contributed by atoms with van der Waals surface area (Å²) >= 11 is 1.21. The molecule has 1 atom stereocenters. The molecule has 2 rings (SSSR count). The lowest BCUT2D eigenvalue weighted by atomic mass is 10.3. The molecule has 6 nitrogen and oxygen atoms in total. The fourth-order valence-electron chi connectivity index (χ4n) is 1.58. The fourth-order valence-corrected chi connectivity index (χ4v) is 2.37. The van der Waals surface area contributed by atoms with E-state index in [1.807, 2.05) is 12.1 Å². The van der Waals surface area contributed by atoms with Crippen molar-refractivity contribution in [3.63, 3.8) is 0 Å². The zero-order chi connectivity index (χ0) is 13.8. The summed E-state index contributed by atoms with van der Waals surface area (Å²) in [7, 11) is 0. The van der Waals surface area contributed by atoms with Crippen LogP contribution >= 0.6 is 11.3 Å². The number of aliphatic hydroxyl groups is 1. The second-order valence-electron chi connectivity index (χ2n) is 3.77. The Bertz CT molecular complexity index is 576. The van der Waals surface area contributed by atoms with Crippen molar-refractivity contribution < 1.29 is 19.8 Å².